The van der Waals surface area contributed by atoms with Crippen LogP contribution in [0.2, 0.25) is 0 Å². The van der Waals surface area contributed by atoms with Crippen LogP contribution < -0.4 is 4.74 Å². The van der Waals surface area contributed by atoms with E-state index in [9.17, 15) is 0 Å². The van der Waals surface area contributed by atoms with Gasteiger partial charge in [0.25, 0.3) is 0 Å². The summed E-state index contributed by atoms with van der Waals surface area (Å²) in [4.78, 5) is 4.79. The Morgan fingerprint density at radius 2 is 1.47 bits per heavy atom. The molecule has 0 unspecified atom stereocenters. The molecule has 0 fully saturated rings. The first-order chi connectivity index (χ1) is 22.8. The molecule has 0 saturated heterocycles. The van der Waals surface area contributed by atoms with Crippen molar-refractivity contribution in [1.82, 2.24) is 19.3 Å². The highest BCUT2D eigenvalue weighted by Crippen LogP contribution is 2.37. The molecule has 0 spiro atoms. The summed E-state index contributed by atoms with van der Waals surface area (Å²) < 4.78 is 10.9. The van der Waals surface area contributed by atoms with Crippen molar-refractivity contribution >= 4 is 21.8 Å². The van der Waals surface area contributed by atoms with Gasteiger partial charge in [0.05, 0.1) is 22.9 Å². The molecule has 0 radical (unpaired) electrons. The molecule has 7 aromatic rings. The van der Waals surface area contributed by atoms with Gasteiger partial charge in [0.15, 0.2) is 0 Å². The molecule has 236 valence electrons. The minimum absolute atomic E-state index is 0.0827. The third-order valence-corrected chi connectivity index (χ3v) is 9.22. The highest BCUT2D eigenvalue weighted by atomic mass is 16.5. The van der Waals surface area contributed by atoms with Gasteiger partial charge in [0, 0.05) is 40.9 Å². The van der Waals surface area contributed by atoms with Crippen molar-refractivity contribution in [1.29, 1.82) is 0 Å². The summed E-state index contributed by atoms with van der Waals surface area (Å²) in [6.45, 7) is 13.3. The number of aromatic nitrogens is 4. The van der Waals surface area contributed by atoms with Crippen molar-refractivity contribution in [2.75, 3.05) is 0 Å². The predicted octanol–water partition coefficient (Wildman–Crippen LogP) is 10.8. The van der Waals surface area contributed by atoms with Crippen LogP contribution >= 0.6 is 0 Å². The number of hydrogen-bond acceptors (Lipinski definition) is 3. The minimum atomic E-state index is -0.0827. The number of hydrogen-bond donors (Lipinski definition) is 0. The van der Waals surface area contributed by atoms with Crippen LogP contribution in [0.3, 0.4) is 0 Å². The molecule has 0 aliphatic carbocycles. The van der Waals surface area contributed by atoms with Gasteiger partial charge in [0.1, 0.15) is 17.3 Å². The average molecular weight is 619 g/mol. The largest absolute Gasteiger partial charge is 0.457 e. The van der Waals surface area contributed by atoms with E-state index in [0.717, 1.165) is 58.9 Å². The van der Waals surface area contributed by atoms with E-state index >= 15 is 0 Å². The smallest absolute Gasteiger partial charge is 0.137 e. The van der Waals surface area contributed by atoms with E-state index in [1.165, 1.54) is 38.6 Å². The lowest BCUT2D eigenvalue weighted by molar-refractivity contribution is 0.478. The zero-order valence-corrected chi connectivity index (χ0v) is 28.2. The Kier molecular flexibility index (Phi) is 7.93. The van der Waals surface area contributed by atoms with Crippen molar-refractivity contribution in [2.45, 2.75) is 66.2 Å². The van der Waals surface area contributed by atoms with Gasteiger partial charge in [0.2, 0.25) is 0 Å². The third-order valence-electron chi connectivity index (χ3n) is 9.22. The molecule has 4 aromatic carbocycles. The van der Waals surface area contributed by atoms with Crippen molar-refractivity contribution in [2.24, 2.45) is 0 Å². The summed E-state index contributed by atoms with van der Waals surface area (Å²) in [6.07, 6.45) is 8.97. The van der Waals surface area contributed by atoms with E-state index in [4.69, 9.17) is 14.8 Å². The second-order valence-corrected chi connectivity index (χ2v) is 13.3. The molecule has 0 amide bonds. The highest BCUT2D eigenvalue weighted by molar-refractivity contribution is 6.09. The molecule has 5 nitrogen and oxygen atoms in total. The van der Waals surface area contributed by atoms with Crippen LogP contribution in [0, 0.1) is 0 Å². The summed E-state index contributed by atoms with van der Waals surface area (Å²) >= 11 is 0. The second-order valence-electron chi connectivity index (χ2n) is 13.3. The molecule has 5 heteroatoms. The van der Waals surface area contributed by atoms with Gasteiger partial charge in [-0.1, -0.05) is 77.9 Å². The maximum atomic E-state index is 6.71. The summed E-state index contributed by atoms with van der Waals surface area (Å²) in [7, 11) is 0. The number of fused-ring (bicyclic) bond motifs is 3. The lowest BCUT2D eigenvalue weighted by atomic mass is 9.86. The van der Waals surface area contributed by atoms with E-state index < -0.39 is 0 Å². The minimum Gasteiger partial charge on any atom is -0.457 e. The lowest BCUT2D eigenvalue weighted by Crippen LogP contribution is -2.12. The molecule has 0 saturated carbocycles. The molecule has 3 aromatic heterocycles. The number of para-hydroxylation sites is 1. The third kappa shape index (κ3) is 5.71. The SMILES string of the molecule is CCc1ccnc(-n2c3ccccc3c3ccc(Oc4cc(-n5cc(-c6c(CC)cccc6CC)cn5)cc(C(C)(C)C)c4)cc32)c1. The highest BCUT2D eigenvalue weighted by Gasteiger charge is 2.19. The van der Waals surface area contributed by atoms with Crippen LogP contribution in [0.25, 0.3) is 44.4 Å². The molecule has 0 bridgehead atoms. The fourth-order valence-electron chi connectivity index (χ4n) is 6.61. The van der Waals surface area contributed by atoms with Gasteiger partial charge in [-0.2, -0.15) is 5.10 Å². The summed E-state index contributed by atoms with van der Waals surface area (Å²) in [5, 5.41) is 7.22. The number of pyridine rings is 1. The van der Waals surface area contributed by atoms with E-state index in [0.29, 0.717) is 0 Å². The molecule has 0 aliphatic heterocycles. The summed E-state index contributed by atoms with van der Waals surface area (Å²) in [5.74, 6) is 2.46. The first-order valence-electron chi connectivity index (χ1n) is 16.8. The van der Waals surface area contributed by atoms with Crippen LogP contribution in [0.4, 0.5) is 0 Å². The van der Waals surface area contributed by atoms with Crippen molar-refractivity contribution in [3.63, 3.8) is 0 Å². The van der Waals surface area contributed by atoms with Crippen LogP contribution in [0.1, 0.15) is 63.8 Å². The van der Waals surface area contributed by atoms with E-state index in [1.807, 2.05) is 17.1 Å². The second kappa shape index (κ2) is 12.2. The van der Waals surface area contributed by atoms with E-state index in [1.54, 1.807) is 0 Å². The fraction of sp³-hybridized carbons (Fsp3) is 0.238. The van der Waals surface area contributed by atoms with E-state index in [2.05, 4.69) is 143 Å². The van der Waals surface area contributed by atoms with Gasteiger partial charge in [-0.3, -0.25) is 4.57 Å². The standard InChI is InChI=1S/C42H42N4O/c1-7-28-19-20-43-40(21-28)46-38-16-11-10-15-36(38)37-18-17-34(25-39(37)46)47-35-23-32(42(4,5)6)22-33(24-35)45-27-31(26-44-45)41-29(8-2)13-12-14-30(41)9-3/h10-27H,7-9H2,1-6H3. The van der Waals surface area contributed by atoms with Gasteiger partial charge in [-0.25, -0.2) is 9.67 Å². The van der Waals surface area contributed by atoms with Gasteiger partial charge >= 0.3 is 0 Å². The first-order valence-corrected chi connectivity index (χ1v) is 16.8. The normalized spacial score (nSPS) is 11.9. The fourth-order valence-corrected chi connectivity index (χ4v) is 6.61. The average Bonchev–Trinajstić information content (AvgIpc) is 3.70. The molecular formula is C42H42N4O. The molecule has 0 aliphatic rings. The lowest BCUT2D eigenvalue weighted by Gasteiger charge is -2.21. The van der Waals surface area contributed by atoms with Crippen LogP contribution in [0.15, 0.2) is 110 Å². The maximum Gasteiger partial charge on any atom is 0.137 e. The topological polar surface area (TPSA) is 44.9 Å². The summed E-state index contributed by atoms with van der Waals surface area (Å²) in [6, 6.07) is 32.2. The quantitative estimate of drug-likeness (QED) is 0.170. The maximum absolute atomic E-state index is 6.71. The first kappa shape index (κ1) is 30.5. The Morgan fingerprint density at radius 1 is 0.702 bits per heavy atom. The zero-order chi connectivity index (χ0) is 32.7. The monoisotopic (exact) mass is 618 g/mol. The zero-order valence-electron chi connectivity index (χ0n) is 28.2. The molecule has 47 heavy (non-hydrogen) atoms. The van der Waals surface area contributed by atoms with Crippen LogP contribution in [-0.4, -0.2) is 19.3 Å². The number of nitrogens with zero attached hydrogens (tertiary/aromatic N) is 4. The molecule has 0 atom stereocenters. The van der Waals surface area contributed by atoms with Gasteiger partial charge < -0.3 is 4.74 Å². The predicted molar refractivity (Wildman–Crippen MR) is 194 cm³/mol. The number of rotatable bonds is 8. The Balaban J connectivity index is 1.32. The Labute approximate surface area is 277 Å². The number of benzene rings is 4. The molecule has 7 rings (SSSR count). The number of aryl methyl sites for hydroxylation is 3. The Bertz CT molecular complexity index is 2210. The molecular weight excluding hydrogens is 576 g/mol. The molecule has 3 heterocycles. The van der Waals surface area contributed by atoms with Crippen LogP contribution in [0.5, 0.6) is 11.5 Å². The number of ether oxygens (including phenoxy) is 1. The van der Waals surface area contributed by atoms with Crippen molar-refractivity contribution in [3.8, 4) is 34.1 Å². The van der Waals surface area contributed by atoms with Crippen molar-refractivity contribution in [3.05, 3.63) is 132 Å². The van der Waals surface area contributed by atoms with E-state index in [-0.39, 0.29) is 5.41 Å². The van der Waals surface area contributed by atoms with Gasteiger partial charge in [-0.15, -0.1) is 0 Å². The van der Waals surface area contributed by atoms with Crippen LogP contribution in [-0.2, 0) is 24.7 Å². The Hall–Kier alpha value is -5.16. The van der Waals surface area contributed by atoms with Gasteiger partial charge in [-0.05, 0) is 95.0 Å². The summed E-state index contributed by atoms with van der Waals surface area (Å²) in [5.41, 5.74) is 10.7. The van der Waals surface area contributed by atoms with Crippen molar-refractivity contribution < 1.29 is 4.74 Å². The molecule has 0 N–H and O–H groups in total. The Morgan fingerprint density at radius 3 is 2.21 bits per heavy atom.